The zero-order valence-electron chi connectivity index (χ0n) is 8.20. The van der Waals surface area contributed by atoms with Gasteiger partial charge in [-0.1, -0.05) is 30.1 Å². The highest BCUT2D eigenvalue weighted by Crippen LogP contribution is 2.29. The Balaban J connectivity index is 3.55. The summed E-state index contributed by atoms with van der Waals surface area (Å²) < 4.78 is 23.2. The Morgan fingerprint density at radius 3 is 2.31 bits per heavy atom. The molecule has 0 saturated carbocycles. The average molecular weight is 283 g/mol. The van der Waals surface area contributed by atoms with E-state index in [0.717, 1.165) is 12.1 Å². The summed E-state index contributed by atoms with van der Waals surface area (Å²) in [7, 11) is -3.56. The maximum atomic E-state index is 11.6. The van der Waals surface area contributed by atoms with Crippen molar-refractivity contribution < 1.29 is 18.3 Å². The lowest BCUT2D eigenvalue weighted by Crippen LogP contribution is -2.07. The first-order valence-electron chi connectivity index (χ1n) is 4.24. The van der Waals surface area contributed by atoms with E-state index < -0.39 is 15.8 Å². The zero-order chi connectivity index (χ0) is 12.5. The molecule has 0 radical (unpaired) electrons. The predicted octanol–water partition coefficient (Wildman–Crippen LogP) is 2.49. The van der Waals surface area contributed by atoms with Crippen molar-refractivity contribution in [1.82, 2.24) is 0 Å². The quantitative estimate of drug-likeness (QED) is 0.925. The molecule has 0 atom stereocenters. The van der Waals surface area contributed by atoms with Crippen LogP contribution >= 0.6 is 23.2 Å². The average Bonchev–Trinajstić information content (AvgIpc) is 2.16. The van der Waals surface area contributed by atoms with Crippen molar-refractivity contribution in [2.75, 3.05) is 5.75 Å². The van der Waals surface area contributed by atoms with Crippen LogP contribution in [0.25, 0.3) is 0 Å². The molecule has 0 aliphatic rings. The monoisotopic (exact) mass is 282 g/mol. The molecule has 0 saturated heterocycles. The molecule has 0 amide bonds. The summed E-state index contributed by atoms with van der Waals surface area (Å²) in [4.78, 5) is 10.6. The van der Waals surface area contributed by atoms with Crippen LogP contribution in [-0.4, -0.2) is 25.2 Å². The van der Waals surface area contributed by atoms with Crippen LogP contribution in [0.1, 0.15) is 17.3 Å². The van der Waals surface area contributed by atoms with Gasteiger partial charge in [-0.3, -0.25) is 0 Å². The van der Waals surface area contributed by atoms with Crippen molar-refractivity contribution in [2.45, 2.75) is 11.8 Å². The van der Waals surface area contributed by atoms with E-state index in [1.54, 1.807) is 0 Å². The van der Waals surface area contributed by atoms with E-state index in [9.17, 15) is 13.2 Å². The highest BCUT2D eigenvalue weighted by molar-refractivity contribution is 7.91. The van der Waals surface area contributed by atoms with Gasteiger partial charge >= 0.3 is 5.97 Å². The molecule has 1 N–H and O–H groups in total. The number of carboxylic acids is 1. The van der Waals surface area contributed by atoms with Gasteiger partial charge in [0.05, 0.1) is 26.3 Å². The molecule has 0 spiro atoms. The number of halogens is 2. The van der Waals surface area contributed by atoms with Crippen LogP contribution in [0.15, 0.2) is 17.0 Å². The van der Waals surface area contributed by atoms with Gasteiger partial charge in [-0.2, -0.15) is 0 Å². The largest absolute Gasteiger partial charge is 0.478 e. The molecule has 0 heterocycles. The molecule has 7 heteroatoms. The maximum absolute atomic E-state index is 11.6. The van der Waals surface area contributed by atoms with Crippen molar-refractivity contribution in [3.05, 3.63) is 27.7 Å². The Kier molecular flexibility index (Phi) is 3.83. The molecule has 1 aromatic rings. The molecular formula is C9H8Cl2O4S. The third kappa shape index (κ3) is 2.48. The lowest BCUT2D eigenvalue weighted by molar-refractivity contribution is 0.0697. The molecular weight excluding hydrogens is 275 g/mol. The molecule has 0 fully saturated rings. The van der Waals surface area contributed by atoms with Crippen molar-refractivity contribution in [3.63, 3.8) is 0 Å². The molecule has 0 aliphatic carbocycles. The minimum absolute atomic E-state index is 0.0724. The summed E-state index contributed by atoms with van der Waals surface area (Å²) in [6.07, 6.45) is 0. The number of hydrogen-bond acceptors (Lipinski definition) is 3. The number of carbonyl (C=O) groups is 1. The SMILES string of the molecule is CCS(=O)(=O)c1cc(C(=O)O)c(Cl)cc1Cl. The Morgan fingerprint density at radius 2 is 1.88 bits per heavy atom. The van der Waals surface area contributed by atoms with Crippen molar-refractivity contribution in [1.29, 1.82) is 0 Å². The fraction of sp³-hybridized carbons (Fsp3) is 0.222. The maximum Gasteiger partial charge on any atom is 0.337 e. The van der Waals surface area contributed by atoms with Gasteiger partial charge in [-0.15, -0.1) is 0 Å². The van der Waals surface area contributed by atoms with Gasteiger partial charge in [0.2, 0.25) is 0 Å². The minimum Gasteiger partial charge on any atom is -0.478 e. The van der Waals surface area contributed by atoms with Crippen LogP contribution in [0.4, 0.5) is 0 Å². The summed E-state index contributed by atoms with van der Waals surface area (Å²) in [5.74, 6) is -1.46. The Labute approximate surface area is 103 Å². The molecule has 1 rings (SSSR count). The van der Waals surface area contributed by atoms with E-state index in [2.05, 4.69) is 0 Å². The van der Waals surface area contributed by atoms with E-state index in [1.807, 2.05) is 0 Å². The molecule has 88 valence electrons. The van der Waals surface area contributed by atoms with Gasteiger partial charge in [-0.05, 0) is 12.1 Å². The van der Waals surface area contributed by atoms with Gasteiger partial charge in [-0.25, -0.2) is 13.2 Å². The molecule has 0 aromatic heterocycles. The topological polar surface area (TPSA) is 71.4 Å². The Bertz CT molecular complexity index is 537. The molecule has 16 heavy (non-hydrogen) atoms. The number of rotatable bonds is 3. The Hall–Kier alpha value is -0.780. The van der Waals surface area contributed by atoms with Gasteiger partial charge in [0.25, 0.3) is 0 Å². The van der Waals surface area contributed by atoms with Crippen molar-refractivity contribution in [3.8, 4) is 0 Å². The van der Waals surface area contributed by atoms with E-state index in [0.29, 0.717) is 0 Å². The normalized spacial score (nSPS) is 11.4. The number of sulfone groups is 1. The van der Waals surface area contributed by atoms with Crippen molar-refractivity contribution in [2.24, 2.45) is 0 Å². The predicted molar refractivity (Wildman–Crippen MR) is 61.1 cm³/mol. The van der Waals surface area contributed by atoms with E-state index in [4.69, 9.17) is 28.3 Å². The van der Waals surface area contributed by atoms with E-state index >= 15 is 0 Å². The summed E-state index contributed by atoms with van der Waals surface area (Å²) in [5.41, 5.74) is -0.280. The summed E-state index contributed by atoms with van der Waals surface area (Å²) in [6.45, 7) is 1.45. The molecule has 0 unspecified atom stereocenters. The Morgan fingerprint density at radius 1 is 1.31 bits per heavy atom. The smallest absolute Gasteiger partial charge is 0.337 e. The van der Waals surface area contributed by atoms with Crippen LogP contribution in [-0.2, 0) is 9.84 Å². The summed E-state index contributed by atoms with van der Waals surface area (Å²) >= 11 is 11.3. The third-order valence-electron chi connectivity index (χ3n) is 1.97. The number of hydrogen-bond donors (Lipinski definition) is 1. The molecule has 0 bridgehead atoms. The van der Waals surface area contributed by atoms with Gasteiger partial charge < -0.3 is 5.11 Å². The van der Waals surface area contributed by atoms with Crippen LogP contribution in [0, 0.1) is 0 Å². The molecule has 1 aromatic carbocycles. The highest BCUT2D eigenvalue weighted by atomic mass is 35.5. The van der Waals surface area contributed by atoms with Crippen molar-refractivity contribution >= 4 is 39.0 Å². The van der Waals surface area contributed by atoms with Crippen LogP contribution in [0.2, 0.25) is 10.0 Å². The van der Waals surface area contributed by atoms with Gasteiger partial charge in [0, 0.05) is 0 Å². The molecule has 0 aliphatic heterocycles. The first-order valence-corrected chi connectivity index (χ1v) is 6.65. The summed E-state index contributed by atoms with van der Waals surface area (Å²) in [6, 6.07) is 2.10. The first kappa shape index (κ1) is 13.3. The van der Waals surface area contributed by atoms with Crippen LogP contribution in [0.5, 0.6) is 0 Å². The van der Waals surface area contributed by atoms with Crippen LogP contribution < -0.4 is 0 Å². The highest BCUT2D eigenvalue weighted by Gasteiger charge is 2.20. The number of carboxylic acid groups (broad SMARTS) is 1. The lowest BCUT2D eigenvalue weighted by Gasteiger charge is -2.07. The zero-order valence-corrected chi connectivity index (χ0v) is 10.5. The minimum atomic E-state index is -3.56. The van der Waals surface area contributed by atoms with E-state index in [-0.39, 0.29) is 26.3 Å². The third-order valence-corrected chi connectivity index (χ3v) is 4.47. The first-order chi connectivity index (χ1) is 7.29. The lowest BCUT2D eigenvalue weighted by atomic mass is 10.2. The second-order valence-electron chi connectivity index (χ2n) is 2.97. The fourth-order valence-electron chi connectivity index (χ4n) is 1.09. The van der Waals surface area contributed by atoms with E-state index in [1.165, 1.54) is 6.92 Å². The second-order valence-corrected chi connectivity index (χ2v) is 6.03. The fourth-order valence-corrected chi connectivity index (χ4v) is 2.87. The van der Waals surface area contributed by atoms with Gasteiger partial charge in [0.15, 0.2) is 9.84 Å². The summed E-state index contributed by atoms with van der Waals surface area (Å²) in [5, 5.41) is 8.63. The van der Waals surface area contributed by atoms with Gasteiger partial charge in [0.1, 0.15) is 0 Å². The standard InChI is InChI=1S/C9H8Cl2O4S/c1-2-16(14,15)8-3-5(9(12)13)6(10)4-7(8)11/h3-4H,2H2,1H3,(H,12,13). The second kappa shape index (κ2) is 4.61. The molecule has 4 nitrogen and oxygen atoms in total. The van der Waals surface area contributed by atoms with Crippen LogP contribution in [0.3, 0.4) is 0 Å². The number of benzene rings is 1. The number of aromatic carboxylic acids is 1.